The van der Waals surface area contributed by atoms with E-state index in [1.54, 1.807) is 0 Å². The Bertz CT molecular complexity index is 174. The quantitative estimate of drug-likeness (QED) is 0.713. The Morgan fingerprint density at radius 2 is 1.85 bits per heavy atom. The summed E-state index contributed by atoms with van der Waals surface area (Å²) in [5.74, 6) is 0.591. The monoisotopic (exact) mass is 186 g/mol. The second kappa shape index (κ2) is 4.61. The van der Waals surface area contributed by atoms with Gasteiger partial charge in [0.1, 0.15) is 0 Å². The van der Waals surface area contributed by atoms with E-state index in [1.165, 1.54) is 0 Å². The van der Waals surface area contributed by atoms with Crippen LogP contribution in [-0.2, 0) is 4.79 Å². The molecule has 0 aromatic carbocycles. The zero-order valence-corrected chi connectivity index (χ0v) is 9.64. The lowest BCUT2D eigenvalue weighted by Gasteiger charge is -2.31. The molecule has 0 aliphatic rings. The van der Waals surface area contributed by atoms with Crippen molar-refractivity contribution in [1.82, 2.24) is 10.2 Å². The summed E-state index contributed by atoms with van der Waals surface area (Å²) in [6.07, 6.45) is 0. The molecule has 0 rings (SSSR count). The molecule has 3 nitrogen and oxygen atoms in total. The Hall–Kier alpha value is -0.570. The van der Waals surface area contributed by atoms with E-state index in [0.29, 0.717) is 5.92 Å². The maximum absolute atomic E-state index is 11.7. The predicted octanol–water partition coefficient (Wildman–Crippen LogP) is 1.10. The third kappa shape index (κ3) is 3.77. The Morgan fingerprint density at radius 3 is 2.15 bits per heavy atom. The Morgan fingerprint density at radius 1 is 1.38 bits per heavy atom. The van der Waals surface area contributed by atoms with Crippen molar-refractivity contribution in [3.8, 4) is 0 Å². The van der Waals surface area contributed by atoms with Gasteiger partial charge in [0.2, 0.25) is 5.91 Å². The molecule has 0 unspecified atom stereocenters. The van der Waals surface area contributed by atoms with E-state index in [-0.39, 0.29) is 5.91 Å². The minimum absolute atomic E-state index is 0.0891. The van der Waals surface area contributed by atoms with Gasteiger partial charge in [-0.3, -0.25) is 9.69 Å². The molecule has 0 aliphatic heterocycles. The lowest BCUT2D eigenvalue weighted by atomic mass is 10.0. The SMILES string of the molecule is CC(C)CNC(=O)C(C)(C)N(C)C. The Labute approximate surface area is 81.5 Å². The van der Waals surface area contributed by atoms with Crippen LogP contribution in [0.15, 0.2) is 0 Å². The van der Waals surface area contributed by atoms with Crippen LogP contribution in [0.3, 0.4) is 0 Å². The van der Waals surface area contributed by atoms with Crippen LogP contribution in [0.1, 0.15) is 27.7 Å². The maximum atomic E-state index is 11.7. The molecule has 0 aromatic heterocycles. The first-order valence-corrected chi connectivity index (χ1v) is 4.74. The number of likely N-dealkylation sites (N-methyl/N-ethyl adjacent to an activating group) is 1. The highest BCUT2D eigenvalue weighted by atomic mass is 16.2. The average Bonchev–Trinajstić information content (AvgIpc) is 1.99. The normalized spacial score (nSPS) is 12.3. The lowest BCUT2D eigenvalue weighted by Crippen LogP contribution is -2.52. The molecule has 0 aliphatic carbocycles. The first kappa shape index (κ1) is 12.4. The van der Waals surface area contributed by atoms with Crippen molar-refractivity contribution in [2.75, 3.05) is 20.6 Å². The van der Waals surface area contributed by atoms with Gasteiger partial charge >= 0.3 is 0 Å². The number of hydrogen-bond donors (Lipinski definition) is 1. The molecule has 1 N–H and O–H groups in total. The number of nitrogens with one attached hydrogen (secondary N) is 1. The van der Waals surface area contributed by atoms with Crippen molar-refractivity contribution < 1.29 is 4.79 Å². The minimum atomic E-state index is -0.422. The molecule has 1 amide bonds. The summed E-state index contributed by atoms with van der Waals surface area (Å²) >= 11 is 0. The van der Waals surface area contributed by atoms with E-state index in [2.05, 4.69) is 19.2 Å². The molecular formula is C10H22N2O. The fraction of sp³-hybridized carbons (Fsp3) is 0.900. The number of carbonyl (C=O) groups is 1. The molecule has 0 spiro atoms. The van der Waals surface area contributed by atoms with E-state index >= 15 is 0 Å². The molecular weight excluding hydrogens is 164 g/mol. The highest BCUT2D eigenvalue weighted by Crippen LogP contribution is 2.09. The van der Waals surface area contributed by atoms with Crippen molar-refractivity contribution in [3.05, 3.63) is 0 Å². The zero-order valence-electron chi connectivity index (χ0n) is 9.64. The van der Waals surface area contributed by atoms with Crippen molar-refractivity contribution >= 4 is 5.91 Å². The molecule has 0 saturated carbocycles. The molecule has 0 radical (unpaired) electrons. The van der Waals surface area contributed by atoms with E-state index in [1.807, 2.05) is 32.8 Å². The van der Waals surface area contributed by atoms with Gasteiger partial charge in [-0.05, 0) is 33.9 Å². The van der Waals surface area contributed by atoms with Crippen LogP contribution in [-0.4, -0.2) is 37.0 Å². The van der Waals surface area contributed by atoms with Gasteiger partial charge in [0.25, 0.3) is 0 Å². The molecule has 3 heteroatoms. The molecule has 0 heterocycles. The summed E-state index contributed by atoms with van der Waals surface area (Å²) in [5.41, 5.74) is -0.422. The summed E-state index contributed by atoms with van der Waals surface area (Å²) in [7, 11) is 3.82. The van der Waals surface area contributed by atoms with Crippen LogP contribution in [0.4, 0.5) is 0 Å². The number of nitrogens with zero attached hydrogens (tertiary/aromatic N) is 1. The molecule has 78 valence electrons. The summed E-state index contributed by atoms with van der Waals surface area (Å²) < 4.78 is 0. The van der Waals surface area contributed by atoms with E-state index in [0.717, 1.165) is 6.54 Å². The lowest BCUT2D eigenvalue weighted by molar-refractivity contribution is -0.130. The van der Waals surface area contributed by atoms with Gasteiger partial charge in [-0.25, -0.2) is 0 Å². The van der Waals surface area contributed by atoms with E-state index in [9.17, 15) is 4.79 Å². The van der Waals surface area contributed by atoms with Gasteiger partial charge in [0.05, 0.1) is 5.54 Å². The van der Waals surface area contributed by atoms with Crippen LogP contribution < -0.4 is 5.32 Å². The van der Waals surface area contributed by atoms with Gasteiger partial charge in [0, 0.05) is 6.54 Å². The standard InChI is InChI=1S/C10H22N2O/c1-8(2)7-11-9(13)10(3,4)12(5)6/h8H,7H2,1-6H3,(H,11,13). The topological polar surface area (TPSA) is 32.3 Å². The summed E-state index contributed by atoms with van der Waals surface area (Å²) in [6, 6.07) is 0. The highest BCUT2D eigenvalue weighted by molar-refractivity contribution is 5.85. The average molecular weight is 186 g/mol. The van der Waals surface area contributed by atoms with Gasteiger partial charge in [-0.1, -0.05) is 13.8 Å². The van der Waals surface area contributed by atoms with E-state index in [4.69, 9.17) is 0 Å². The molecule has 0 bridgehead atoms. The van der Waals surface area contributed by atoms with Crippen molar-refractivity contribution in [1.29, 1.82) is 0 Å². The first-order chi connectivity index (χ1) is 5.78. The van der Waals surface area contributed by atoms with Crippen LogP contribution in [0.25, 0.3) is 0 Å². The number of carbonyl (C=O) groups excluding carboxylic acids is 1. The fourth-order valence-electron chi connectivity index (χ4n) is 0.716. The predicted molar refractivity (Wildman–Crippen MR) is 55.6 cm³/mol. The van der Waals surface area contributed by atoms with E-state index < -0.39 is 5.54 Å². The fourth-order valence-corrected chi connectivity index (χ4v) is 0.716. The summed E-state index contributed by atoms with van der Waals surface area (Å²) in [5, 5.41) is 2.92. The van der Waals surface area contributed by atoms with Gasteiger partial charge in [0.15, 0.2) is 0 Å². The highest BCUT2D eigenvalue weighted by Gasteiger charge is 2.29. The number of rotatable bonds is 4. The van der Waals surface area contributed by atoms with Gasteiger partial charge in [-0.2, -0.15) is 0 Å². The van der Waals surface area contributed by atoms with Crippen molar-refractivity contribution in [2.45, 2.75) is 33.2 Å². The van der Waals surface area contributed by atoms with Crippen LogP contribution in [0, 0.1) is 5.92 Å². The summed E-state index contributed by atoms with van der Waals surface area (Å²) in [4.78, 5) is 13.6. The second-order valence-corrected chi connectivity index (χ2v) is 4.56. The number of hydrogen-bond acceptors (Lipinski definition) is 2. The maximum Gasteiger partial charge on any atom is 0.239 e. The third-order valence-electron chi connectivity index (χ3n) is 2.34. The van der Waals surface area contributed by atoms with Crippen molar-refractivity contribution in [2.24, 2.45) is 5.92 Å². The van der Waals surface area contributed by atoms with Gasteiger partial charge in [-0.15, -0.1) is 0 Å². The largest absolute Gasteiger partial charge is 0.354 e. The third-order valence-corrected chi connectivity index (χ3v) is 2.34. The Balaban J connectivity index is 4.10. The molecule has 0 aromatic rings. The molecule has 13 heavy (non-hydrogen) atoms. The first-order valence-electron chi connectivity index (χ1n) is 4.74. The van der Waals surface area contributed by atoms with Crippen LogP contribution in [0.2, 0.25) is 0 Å². The molecule has 0 fully saturated rings. The molecule has 0 atom stereocenters. The number of amides is 1. The molecule has 0 saturated heterocycles. The second-order valence-electron chi connectivity index (χ2n) is 4.56. The summed E-state index contributed by atoms with van der Waals surface area (Å²) in [6.45, 7) is 8.76. The van der Waals surface area contributed by atoms with Crippen molar-refractivity contribution in [3.63, 3.8) is 0 Å². The van der Waals surface area contributed by atoms with Crippen LogP contribution >= 0.6 is 0 Å². The minimum Gasteiger partial charge on any atom is -0.354 e. The Kier molecular flexibility index (Phi) is 4.40. The van der Waals surface area contributed by atoms with Gasteiger partial charge < -0.3 is 5.32 Å². The zero-order chi connectivity index (χ0) is 10.6. The van der Waals surface area contributed by atoms with Crippen LogP contribution in [0.5, 0.6) is 0 Å². The smallest absolute Gasteiger partial charge is 0.239 e.